The second-order valence-corrected chi connectivity index (χ2v) is 12.0. The van der Waals surface area contributed by atoms with E-state index in [0.717, 1.165) is 48.5 Å². The van der Waals surface area contributed by atoms with E-state index in [0.29, 0.717) is 15.2 Å². The van der Waals surface area contributed by atoms with Crippen molar-refractivity contribution in [2.24, 2.45) is 7.05 Å². The van der Waals surface area contributed by atoms with Crippen LogP contribution in [0.1, 0.15) is 38.0 Å². The molecule has 0 fully saturated rings. The lowest BCUT2D eigenvalue weighted by Crippen LogP contribution is -2.28. The molecule has 0 saturated heterocycles. The smallest absolute Gasteiger partial charge is 0.337 e. The Morgan fingerprint density at radius 3 is 2.54 bits per heavy atom. The molecule has 5 rings (SSSR count). The van der Waals surface area contributed by atoms with Gasteiger partial charge in [0.1, 0.15) is 9.61 Å². The van der Waals surface area contributed by atoms with E-state index < -0.39 is 17.7 Å². The first-order chi connectivity index (χ1) is 17.4. The van der Waals surface area contributed by atoms with E-state index in [9.17, 15) is 9.90 Å². The number of fused-ring (bicyclic) bond motifs is 2. The van der Waals surface area contributed by atoms with E-state index in [1.165, 1.54) is 11.3 Å². The number of carboxylic acid groups (broad SMARTS) is 1. The van der Waals surface area contributed by atoms with Gasteiger partial charge in [-0.15, -0.1) is 11.3 Å². The first kappa shape index (κ1) is 25.8. The molecule has 3 heterocycles. The summed E-state index contributed by atoms with van der Waals surface area (Å²) in [5.74, 6) is -1.05. The molecule has 5 aromatic rings. The molecule has 0 bridgehead atoms. The van der Waals surface area contributed by atoms with Crippen molar-refractivity contribution in [1.29, 1.82) is 0 Å². The molecule has 0 radical (unpaired) electrons. The van der Waals surface area contributed by atoms with Crippen molar-refractivity contribution in [1.82, 2.24) is 19.7 Å². The predicted molar refractivity (Wildman–Crippen MR) is 151 cm³/mol. The third-order valence-corrected chi connectivity index (χ3v) is 7.87. The number of rotatable bonds is 5. The number of thiazole rings is 1. The van der Waals surface area contributed by atoms with Crippen LogP contribution < -0.4 is 0 Å². The molecule has 0 aliphatic rings. The Bertz CT molecular complexity index is 1670. The van der Waals surface area contributed by atoms with Gasteiger partial charge in [0.15, 0.2) is 11.8 Å². The molecular formula is C27H24BrClN4O3S. The SMILES string of the molecule is Cc1cc2nc(-c3cnc4c(c3)c(Br)nn4C)sc2c(-c2ccc(Cl)cc2)c1C(OC(C)(C)C)C(=O)O. The van der Waals surface area contributed by atoms with Crippen molar-refractivity contribution >= 4 is 66.1 Å². The highest BCUT2D eigenvalue weighted by atomic mass is 79.9. The number of aromatic nitrogens is 4. The Morgan fingerprint density at radius 2 is 1.89 bits per heavy atom. The van der Waals surface area contributed by atoms with Gasteiger partial charge in [0.25, 0.3) is 0 Å². The standard InChI is InChI=1S/C27H24BrClN4O3S/c1-13-10-18-22(37-25(31-18)15-11-17-23(28)32-33(5)24(17)30-12-15)20(14-6-8-16(29)9-7-14)19(13)21(26(34)35)36-27(2,3)4/h6-12,21H,1-5H3,(H,34,35). The molecule has 190 valence electrons. The number of aryl methyl sites for hydroxylation is 2. The van der Waals surface area contributed by atoms with E-state index in [2.05, 4.69) is 26.0 Å². The lowest BCUT2D eigenvalue weighted by Gasteiger charge is -2.28. The summed E-state index contributed by atoms with van der Waals surface area (Å²) in [4.78, 5) is 22.0. The van der Waals surface area contributed by atoms with Crippen molar-refractivity contribution < 1.29 is 14.6 Å². The van der Waals surface area contributed by atoms with E-state index in [1.807, 2.05) is 59.0 Å². The van der Waals surface area contributed by atoms with Crippen molar-refractivity contribution in [2.45, 2.75) is 39.4 Å². The van der Waals surface area contributed by atoms with Crippen molar-refractivity contribution in [3.8, 4) is 21.7 Å². The number of ether oxygens (including phenoxy) is 1. The summed E-state index contributed by atoms with van der Waals surface area (Å²) in [5, 5.41) is 16.9. The lowest BCUT2D eigenvalue weighted by atomic mass is 9.91. The average Bonchev–Trinajstić information content (AvgIpc) is 3.37. The fraction of sp³-hybridized carbons (Fsp3) is 0.259. The highest BCUT2D eigenvalue weighted by molar-refractivity contribution is 9.10. The van der Waals surface area contributed by atoms with Gasteiger partial charge in [-0.25, -0.2) is 19.4 Å². The zero-order valence-corrected chi connectivity index (χ0v) is 24.0. The minimum Gasteiger partial charge on any atom is -0.479 e. The first-order valence-electron chi connectivity index (χ1n) is 11.5. The summed E-state index contributed by atoms with van der Waals surface area (Å²) in [5.41, 5.74) is 4.74. The van der Waals surface area contributed by atoms with Crippen LogP contribution in [-0.4, -0.2) is 36.4 Å². The zero-order chi connectivity index (χ0) is 26.6. The second-order valence-electron chi connectivity index (χ2n) is 9.81. The summed E-state index contributed by atoms with van der Waals surface area (Å²) < 4.78 is 9.39. The second kappa shape index (κ2) is 9.47. The number of pyridine rings is 1. The molecule has 3 aromatic heterocycles. The summed E-state index contributed by atoms with van der Waals surface area (Å²) in [6.07, 6.45) is 0.622. The van der Waals surface area contributed by atoms with Gasteiger partial charge < -0.3 is 9.84 Å². The number of benzene rings is 2. The first-order valence-corrected chi connectivity index (χ1v) is 13.5. The number of hydrogen-bond donors (Lipinski definition) is 1. The molecule has 2 aromatic carbocycles. The third-order valence-electron chi connectivity index (χ3n) is 5.90. The zero-order valence-electron chi connectivity index (χ0n) is 20.8. The molecule has 1 atom stereocenters. The van der Waals surface area contributed by atoms with E-state index in [-0.39, 0.29) is 0 Å². The number of carboxylic acids is 1. The Morgan fingerprint density at radius 1 is 1.19 bits per heavy atom. The fourth-order valence-corrected chi connectivity index (χ4v) is 6.14. The van der Waals surface area contributed by atoms with Gasteiger partial charge in [-0.1, -0.05) is 23.7 Å². The van der Waals surface area contributed by atoms with Crippen molar-refractivity contribution in [3.63, 3.8) is 0 Å². The molecule has 1 unspecified atom stereocenters. The van der Waals surface area contributed by atoms with E-state index in [1.54, 1.807) is 23.0 Å². The molecule has 0 aliphatic heterocycles. The van der Waals surface area contributed by atoms with Gasteiger partial charge >= 0.3 is 5.97 Å². The maximum Gasteiger partial charge on any atom is 0.337 e. The fourth-order valence-electron chi connectivity index (χ4n) is 4.38. The highest BCUT2D eigenvalue weighted by Crippen LogP contribution is 2.44. The van der Waals surface area contributed by atoms with Crippen LogP contribution in [0.4, 0.5) is 0 Å². The van der Waals surface area contributed by atoms with Crippen LogP contribution in [0.3, 0.4) is 0 Å². The molecule has 0 aliphatic carbocycles. The van der Waals surface area contributed by atoms with Crippen LogP contribution in [0.2, 0.25) is 5.02 Å². The quantitative estimate of drug-likeness (QED) is 0.224. The molecule has 0 spiro atoms. The maximum atomic E-state index is 12.5. The van der Waals surface area contributed by atoms with Crippen LogP contribution in [0.25, 0.3) is 42.9 Å². The largest absolute Gasteiger partial charge is 0.479 e. The van der Waals surface area contributed by atoms with Crippen LogP contribution in [0.15, 0.2) is 47.2 Å². The van der Waals surface area contributed by atoms with Gasteiger partial charge in [0.05, 0.1) is 21.2 Å². The van der Waals surface area contributed by atoms with E-state index >= 15 is 0 Å². The summed E-state index contributed by atoms with van der Waals surface area (Å²) >= 11 is 11.2. The highest BCUT2D eigenvalue weighted by Gasteiger charge is 2.32. The number of aliphatic carboxylic acids is 1. The molecule has 0 saturated carbocycles. The van der Waals surface area contributed by atoms with Crippen LogP contribution >= 0.6 is 38.9 Å². The van der Waals surface area contributed by atoms with Crippen LogP contribution in [0.5, 0.6) is 0 Å². The molecule has 1 N–H and O–H groups in total. The molecule has 10 heteroatoms. The molecule has 0 amide bonds. The van der Waals surface area contributed by atoms with E-state index in [4.69, 9.17) is 21.3 Å². The number of halogens is 2. The monoisotopic (exact) mass is 598 g/mol. The summed E-state index contributed by atoms with van der Waals surface area (Å²) in [6.45, 7) is 7.45. The lowest BCUT2D eigenvalue weighted by molar-refractivity contribution is -0.160. The summed E-state index contributed by atoms with van der Waals surface area (Å²) in [7, 11) is 1.85. The maximum absolute atomic E-state index is 12.5. The van der Waals surface area contributed by atoms with Crippen LogP contribution in [-0.2, 0) is 16.6 Å². The topological polar surface area (TPSA) is 90.1 Å². The third kappa shape index (κ3) is 4.88. The van der Waals surface area contributed by atoms with Gasteiger partial charge in [0.2, 0.25) is 0 Å². The van der Waals surface area contributed by atoms with Gasteiger partial charge in [-0.05, 0) is 79.0 Å². The predicted octanol–water partition coefficient (Wildman–Crippen LogP) is 7.58. The van der Waals surface area contributed by atoms with Crippen molar-refractivity contribution in [3.05, 3.63) is 63.3 Å². The number of nitrogens with zero attached hydrogens (tertiary/aromatic N) is 4. The Balaban J connectivity index is 1.78. The Hall–Kier alpha value is -2.85. The number of hydrogen-bond acceptors (Lipinski definition) is 6. The van der Waals surface area contributed by atoms with Crippen LogP contribution in [0, 0.1) is 6.92 Å². The summed E-state index contributed by atoms with van der Waals surface area (Å²) in [6, 6.07) is 11.3. The number of carbonyl (C=O) groups is 1. The van der Waals surface area contributed by atoms with Gasteiger partial charge in [-0.2, -0.15) is 5.10 Å². The molecular weight excluding hydrogens is 576 g/mol. The molecule has 37 heavy (non-hydrogen) atoms. The van der Waals surface area contributed by atoms with Gasteiger partial charge in [0, 0.05) is 35.0 Å². The minimum absolute atomic E-state index is 0.598. The van der Waals surface area contributed by atoms with Gasteiger partial charge in [-0.3, -0.25) is 0 Å². The Labute approximate surface area is 231 Å². The Kier molecular flexibility index (Phi) is 6.60. The van der Waals surface area contributed by atoms with Crippen molar-refractivity contribution in [2.75, 3.05) is 0 Å². The molecule has 7 nitrogen and oxygen atoms in total. The normalized spacial score (nSPS) is 12.9. The minimum atomic E-state index is -1.16. The average molecular weight is 600 g/mol.